The Morgan fingerprint density at radius 1 is 1.24 bits per heavy atom. The summed E-state index contributed by atoms with van der Waals surface area (Å²) in [6, 6.07) is 12.4. The molecule has 3 aromatic heterocycles. The van der Waals surface area contributed by atoms with Crippen LogP contribution in [0.4, 0.5) is 5.95 Å². The number of rotatable bonds is 6. The summed E-state index contributed by atoms with van der Waals surface area (Å²) in [4.78, 5) is 36.7. The lowest BCUT2D eigenvalue weighted by atomic mass is 9.97. The minimum absolute atomic E-state index is 0.0792. The molecule has 33 heavy (non-hydrogen) atoms. The molecule has 5 rings (SSSR count). The number of aryl methyl sites for hydroxylation is 1. The molecular formula is C25H26N4O2S2. The molecule has 0 unspecified atom stereocenters. The van der Waals surface area contributed by atoms with Crippen molar-refractivity contribution >= 4 is 44.7 Å². The van der Waals surface area contributed by atoms with E-state index in [0.29, 0.717) is 23.7 Å². The number of carbonyl (C=O) groups excluding carboxylic acids is 1. The van der Waals surface area contributed by atoms with Crippen LogP contribution in [0.2, 0.25) is 0 Å². The molecular weight excluding hydrogens is 452 g/mol. The number of hydrogen-bond acceptors (Lipinski definition) is 6. The molecule has 1 fully saturated rings. The van der Waals surface area contributed by atoms with Gasteiger partial charge < -0.3 is 10.2 Å². The first-order valence-electron chi connectivity index (χ1n) is 11.2. The molecule has 0 spiro atoms. The largest absolute Gasteiger partial charge is 0.355 e. The molecule has 0 saturated carbocycles. The number of hydrogen-bond donors (Lipinski definition) is 2. The fourth-order valence-corrected chi connectivity index (χ4v) is 5.91. The topological polar surface area (TPSA) is 78.1 Å². The van der Waals surface area contributed by atoms with E-state index in [4.69, 9.17) is 4.98 Å². The second kappa shape index (κ2) is 9.49. The number of aromatic nitrogens is 2. The Balaban J connectivity index is 1.33. The molecule has 6 nitrogen and oxygen atoms in total. The minimum Gasteiger partial charge on any atom is -0.355 e. The zero-order chi connectivity index (χ0) is 22.8. The normalized spacial score (nSPS) is 16.3. The van der Waals surface area contributed by atoms with E-state index in [0.717, 1.165) is 42.5 Å². The third kappa shape index (κ3) is 4.72. The smallest absolute Gasteiger partial charge is 0.270 e. The van der Waals surface area contributed by atoms with E-state index in [1.807, 2.05) is 16.3 Å². The van der Waals surface area contributed by atoms with Crippen molar-refractivity contribution in [1.82, 2.24) is 15.3 Å². The van der Waals surface area contributed by atoms with Crippen LogP contribution in [-0.2, 0) is 11.2 Å². The van der Waals surface area contributed by atoms with Gasteiger partial charge in [0.15, 0.2) is 0 Å². The van der Waals surface area contributed by atoms with Gasteiger partial charge in [-0.1, -0.05) is 35.9 Å². The molecule has 1 atom stereocenters. The SMILES string of the molecule is Cc1ccc(-c2csc3c(=O)[nH]c(N4CCC[C@@H](C(=O)NCCc5cccs5)C4)nc23)cc1. The number of fused-ring (bicyclic) bond motifs is 1. The Bertz CT molecular complexity index is 1310. The summed E-state index contributed by atoms with van der Waals surface area (Å²) in [5, 5.41) is 7.14. The lowest BCUT2D eigenvalue weighted by Crippen LogP contribution is -2.44. The Hall–Kier alpha value is -2.97. The molecule has 0 aliphatic carbocycles. The Labute approximate surface area is 200 Å². The number of anilines is 1. The van der Waals surface area contributed by atoms with E-state index in [-0.39, 0.29) is 17.4 Å². The van der Waals surface area contributed by atoms with Gasteiger partial charge in [0.25, 0.3) is 5.56 Å². The second-order valence-corrected chi connectivity index (χ2v) is 10.4. The highest BCUT2D eigenvalue weighted by molar-refractivity contribution is 7.17. The quantitative estimate of drug-likeness (QED) is 0.425. The molecule has 0 bridgehead atoms. The van der Waals surface area contributed by atoms with Gasteiger partial charge in [-0.05, 0) is 43.2 Å². The van der Waals surface area contributed by atoms with Crippen LogP contribution >= 0.6 is 22.7 Å². The van der Waals surface area contributed by atoms with E-state index >= 15 is 0 Å². The molecule has 0 radical (unpaired) electrons. The first kappa shape index (κ1) is 21.9. The van der Waals surface area contributed by atoms with E-state index in [9.17, 15) is 9.59 Å². The van der Waals surface area contributed by atoms with Gasteiger partial charge in [-0.25, -0.2) is 4.98 Å². The standard InChI is InChI=1S/C25H26N4O2S2/c1-16-6-8-17(9-7-16)20-15-33-22-21(20)27-25(28-24(22)31)29-12-2-4-18(14-29)23(30)26-11-10-19-5-3-13-32-19/h3,5-9,13,15,18H,2,4,10-12,14H2,1H3,(H,26,30)(H,27,28,31)/t18-/m1/s1. The summed E-state index contributed by atoms with van der Waals surface area (Å²) in [5.41, 5.74) is 3.82. The van der Waals surface area contributed by atoms with E-state index in [1.54, 1.807) is 11.3 Å². The van der Waals surface area contributed by atoms with Crippen molar-refractivity contribution in [3.63, 3.8) is 0 Å². The fourth-order valence-electron chi connectivity index (χ4n) is 4.30. The van der Waals surface area contributed by atoms with Crippen molar-refractivity contribution in [3.8, 4) is 11.1 Å². The fraction of sp³-hybridized carbons (Fsp3) is 0.320. The molecule has 1 aliphatic rings. The summed E-state index contributed by atoms with van der Waals surface area (Å²) in [5.74, 6) is 0.521. The number of carbonyl (C=O) groups is 1. The summed E-state index contributed by atoms with van der Waals surface area (Å²) in [6.07, 6.45) is 2.59. The third-order valence-electron chi connectivity index (χ3n) is 6.12. The number of benzene rings is 1. The van der Waals surface area contributed by atoms with Crippen molar-refractivity contribution in [2.45, 2.75) is 26.2 Å². The molecule has 2 N–H and O–H groups in total. The maximum atomic E-state index is 12.8. The molecule has 1 aliphatic heterocycles. The number of nitrogens with zero attached hydrogens (tertiary/aromatic N) is 2. The van der Waals surface area contributed by atoms with Gasteiger partial charge in [-0.15, -0.1) is 22.7 Å². The zero-order valence-electron chi connectivity index (χ0n) is 18.5. The summed E-state index contributed by atoms with van der Waals surface area (Å²) in [6.45, 7) is 4.04. The van der Waals surface area contributed by atoms with Crippen molar-refractivity contribution in [2.75, 3.05) is 24.5 Å². The van der Waals surface area contributed by atoms with Crippen LogP contribution in [0.15, 0.2) is 52.0 Å². The molecule has 4 aromatic rings. The van der Waals surface area contributed by atoms with Gasteiger partial charge >= 0.3 is 0 Å². The average Bonchev–Trinajstić information content (AvgIpc) is 3.50. The average molecular weight is 479 g/mol. The predicted molar refractivity (Wildman–Crippen MR) is 136 cm³/mol. The monoisotopic (exact) mass is 478 g/mol. The van der Waals surface area contributed by atoms with Crippen molar-refractivity contribution in [1.29, 1.82) is 0 Å². The lowest BCUT2D eigenvalue weighted by molar-refractivity contribution is -0.125. The number of aromatic amines is 1. The van der Waals surface area contributed by atoms with Crippen LogP contribution in [0.3, 0.4) is 0 Å². The van der Waals surface area contributed by atoms with Crippen LogP contribution in [0, 0.1) is 12.8 Å². The maximum absolute atomic E-state index is 12.8. The van der Waals surface area contributed by atoms with Crippen LogP contribution in [0.1, 0.15) is 23.3 Å². The summed E-state index contributed by atoms with van der Waals surface area (Å²) >= 11 is 3.13. The molecule has 4 heterocycles. The molecule has 1 aromatic carbocycles. The highest BCUT2D eigenvalue weighted by Gasteiger charge is 2.27. The number of amides is 1. The number of piperidine rings is 1. The molecule has 1 amide bonds. The Morgan fingerprint density at radius 3 is 2.88 bits per heavy atom. The van der Waals surface area contributed by atoms with Crippen molar-refractivity contribution in [2.24, 2.45) is 5.92 Å². The highest BCUT2D eigenvalue weighted by atomic mass is 32.1. The Morgan fingerprint density at radius 2 is 2.09 bits per heavy atom. The van der Waals surface area contributed by atoms with Crippen molar-refractivity contribution in [3.05, 3.63) is 68.0 Å². The number of thiophene rings is 2. The Kier molecular flexibility index (Phi) is 6.28. The van der Waals surface area contributed by atoms with Gasteiger partial charge in [-0.3, -0.25) is 14.6 Å². The van der Waals surface area contributed by atoms with Gasteiger partial charge in [0.2, 0.25) is 11.9 Å². The lowest BCUT2D eigenvalue weighted by Gasteiger charge is -2.32. The maximum Gasteiger partial charge on any atom is 0.270 e. The second-order valence-electron chi connectivity index (χ2n) is 8.49. The van der Waals surface area contributed by atoms with Crippen LogP contribution < -0.4 is 15.8 Å². The van der Waals surface area contributed by atoms with Crippen LogP contribution in [0.25, 0.3) is 21.3 Å². The molecule has 1 saturated heterocycles. The third-order valence-corrected chi connectivity index (χ3v) is 8.02. The predicted octanol–water partition coefficient (Wildman–Crippen LogP) is 4.60. The number of nitrogens with one attached hydrogen (secondary N) is 2. The highest BCUT2D eigenvalue weighted by Crippen LogP contribution is 2.32. The van der Waals surface area contributed by atoms with Gasteiger partial charge in [0.05, 0.1) is 11.4 Å². The van der Waals surface area contributed by atoms with Gasteiger partial charge in [0, 0.05) is 35.5 Å². The van der Waals surface area contributed by atoms with Crippen LogP contribution in [0.5, 0.6) is 0 Å². The first-order chi connectivity index (χ1) is 16.1. The molecule has 170 valence electrons. The van der Waals surface area contributed by atoms with Crippen LogP contribution in [-0.4, -0.2) is 35.5 Å². The van der Waals surface area contributed by atoms with Gasteiger partial charge in [0.1, 0.15) is 4.70 Å². The minimum atomic E-state index is -0.124. The number of H-pyrrole nitrogens is 1. The van der Waals surface area contributed by atoms with E-state index < -0.39 is 0 Å². The molecule has 8 heteroatoms. The van der Waals surface area contributed by atoms with E-state index in [1.165, 1.54) is 21.8 Å². The zero-order valence-corrected chi connectivity index (χ0v) is 20.1. The van der Waals surface area contributed by atoms with Crippen molar-refractivity contribution < 1.29 is 4.79 Å². The van der Waals surface area contributed by atoms with Gasteiger partial charge in [-0.2, -0.15) is 0 Å². The van der Waals surface area contributed by atoms with E-state index in [2.05, 4.69) is 52.9 Å². The first-order valence-corrected chi connectivity index (χ1v) is 13.0. The summed E-state index contributed by atoms with van der Waals surface area (Å²) < 4.78 is 0.634. The summed E-state index contributed by atoms with van der Waals surface area (Å²) in [7, 11) is 0.